The Morgan fingerprint density at radius 3 is 2.62 bits per heavy atom. The van der Waals surface area contributed by atoms with E-state index in [1.54, 1.807) is 18.3 Å². The molecule has 1 atom stereocenters. The SMILES string of the molecule is NC(=S)c1ccc(C(=O)N2CCCC2C2CCCC2)nc1. The van der Waals surface area contributed by atoms with Gasteiger partial charge < -0.3 is 10.6 Å². The first-order valence-corrected chi connectivity index (χ1v) is 8.14. The van der Waals surface area contributed by atoms with Crippen molar-refractivity contribution >= 4 is 23.1 Å². The van der Waals surface area contributed by atoms with E-state index in [4.69, 9.17) is 18.0 Å². The van der Waals surface area contributed by atoms with Gasteiger partial charge in [-0.2, -0.15) is 0 Å². The predicted octanol–water partition coefficient (Wildman–Crippen LogP) is 2.51. The lowest BCUT2D eigenvalue weighted by atomic mass is 9.96. The van der Waals surface area contributed by atoms with Gasteiger partial charge in [-0.15, -0.1) is 0 Å². The van der Waals surface area contributed by atoms with Crippen molar-refractivity contribution in [2.24, 2.45) is 11.7 Å². The summed E-state index contributed by atoms with van der Waals surface area (Å²) in [5.41, 5.74) is 6.77. The molecular formula is C16H21N3OS. The third kappa shape index (κ3) is 2.93. The molecule has 2 heterocycles. The molecule has 5 heteroatoms. The topological polar surface area (TPSA) is 59.2 Å². The molecule has 1 saturated carbocycles. The number of rotatable bonds is 3. The van der Waals surface area contributed by atoms with Gasteiger partial charge in [-0.25, -0.2) is 0 Å². The highest BCUT2D eigenvalue weighted by molar-refractivity contribution is 7.80. The number of aromatic nitrogens is 1. The zero-order valence-electron chi connectivity index (χ0n) is 12.1. The number of pyridine rings is 1. The summed E-state index contributed by atoms with van der Waals surface area (Å²) in [5.74, 6) is 0.742. The first kappa shape index (κ1) is 14.4. The minimum atomic E-state index is 0.0545. The Labute approximate surface area is 130 Å². The normalized spacial score (nSPS) is 22.7. The standard InChI is InChI=1S/C16H21N3OS/c17-15(21)12-7-8-13(18-10-12)16(20)19-9-3-6-14(19)11-4-1-2-5-11/h7-8,10-11,14H,1-6,9H2,(H2,17,21). The quantitative estimate of drug-likeness (QED) is 0.872. The van der Waals surface area contributed by atoms with Crippen LogP contribution < -0.4 is 5.73 Å². The van der Waals surface area contributed by atoms with Crippen LogP contribution in [0.4, 0.5) is 0 Å². The fourth-order valence-corrected chi connectivity index (χ4v) is 3.81. The van der Waals surface area contributed by atoms with Gasteiger partial charge in [0.05, 0.1) is 0 Å². The molecule has 2 N–H and O–H groups in total. The van der Waals surface area contributed by atoms with Crippen molar-refractivity contribution in [3.63, 3.8) is 0 Å². The van der Waals surface area contributed by atoms with E-state index in [9.17, 15) is 4.79 Å². The second-order valence-electron chi connectivity index (χ2n) is 6.05. The lowest BCUT2D eigenvalue weighted by molar-refractivity contribution is 0.0683. The van der Waals surface area contributed by atoms with E-state index < -0.39 is 0 Å². The van der Waals surface area contributed by atoms with Crippen LogP contribution in [0, 0.1) is 5.92 Å². The van der Waals surface area contributed by atoms with Crippen molar-refractivity contribution in [1.29, 1.82) is 0 Å². The van der Waals surface area contributed by atoms with E-state index in [0.717, 1.165) is 19.4 Å². The lowest BCUT2D eigenvalue weighted by Crippen LogP contribution is -2.39. The maximum absolute atomic E-state index is 12.7. The first-order chi connectivity index (χ1) is 10.2. The Bertz CT molecular complexity index is 537. The average Bonchev–Trinajstić information content (AvgIpc) is 3.17. The molecule has 112 valence electrons. The Balaban J connectivity index is 1.75. The third-order valence-corrected chi connectivity index (χ3v) is 5.01. The molecule has 1 aliphatic carbocycles. The van der Waals surface area contributed by atoms with Crippen LogP contribution in [0.3, 0.4) is 0 Å². The number of carbonyl (C=O) groups excluding carboxylic acids is 1. The fraction of sp³-hybridized carbons (Fsp3) is 0.562. The van der Waals surface area contributed by atoms with Gasteiger partial charge in [0.15, 0.2) is 0 Å². The number of nitrogens with two attached hydrogens (primary N) is 1. The van der Waals surface area contributed by atoms with E-state index in [1.165, 1.54) is 25.7 Å². The van der Waals surface area contributed by atoms with E-state index in [0.29, 0.717) is 28.2 Å². The molecule has 1 unspecified atom stereocenters. The van der Waals surface area contributed by atoms with E-state index in [1.807, 2.05) is 4.90 Å². The van der Waals surface area contributed by atoms with Gasteiger partial charge in [0.25, 0.3) is 5.91 Å². The molecule has 1 aliphatic heterocycles. The number of hydrogen-bond acceptors (Lipinski definition) is 3. The predicted molar refractivity (Wildman–Crippen MR) is 86.1 cm³/mol. The largest absolute Gasteiger partial charge is 0.389 e. The molecule has 1 aromatic rings. The summed E-state index contributed by atoms with van der Waals surface area (Å²) < 4.78 is 0. The second kappa shape index (κ2) is 6.10. The summed E-state index contributed by atoms with van der Waals surface area (Å²) in [6.45, 7) is 0.860. The van der Waals surface area contributed by atoms with Gasteiger partial charge >= 0.3 is 0 Å². The van der Waals surface area contributed by atoms with Gasteiger partial charge in [0.1, 0.15) is 10.7 Å². The van der Waals surface area contributed by atoms with Crippen LogP contribution in [0.15, 0.2) is 18.3 Å². The minimum absolute atomic E-state index is 0.0545. The van der Waals surface area contributed by atoms with Gasteiger partial charge in [-0.05, 0) is 43.7 Å². The fourth-order valence-electron chi connectivity index (χ4n) is 3.69. The number of carbonyl (C=O) groups is 1. The van der Waals surface area contributed by atoms with Crippen molar-refractivity contribution in [3.8, 4) is 0 Å². The Morgan fingerprint density at radius 1 is 1.24 bits per heavy atom. The van der Waals surface area contributed by atoms with Crippen molar-refractivity contribution in [1.82, 2.24) is 9.88 Å². The molecule has 1 amide bonds. The molecule has 4 nitrogen and oxygen atoms in total. The molecule has 21 heavy (non-hydrogen) atoms. The smallest absolute Gasteiger partial charge is 0.272 e. The number of likely N-dealkylation sites (tertiary alicyclic amines) is 1. The summed E-state index contributed by atoms with van der Waals surface area (Å²) in [6.07, 6.45) is 8.99. The number of amides is 1. The highest BCUT2D eigenvalue weighted by Crippen LogP contribution is 2.35. The maximum atomic E-state index is 12.7. The highest BCUT2D eigenvalue weighted by Gasteiger charge is 2.36. The first-order valence-electron chi connectivity index (χ1n) is 7.73. The van der Waals surface area contributed by atoms with Crippen LogP contribution in [0.1, 0.15) is 54.6 Å². The molecule has 0 bridgehead atoms. The van der Waals surface area contributed by atoms with Crippen LogP contribution in [0.25, 0.3) is 0 Å². The van der Waals surface area contributed by atoms with Crippen molar-refractivity contribution in [2.45, 2.75) is 44.6 Å². The van der Waals surface area contributed by atoms with Crippen LogP contribution in [-0.4, -0.2) is 33.4 Å². The molecule has 1 aromatic heterocycles. The molecule has 2 fully saturated rings. The number of hydrogen-bond donors (Lipinski definition) is 1. The van der Waals surface area contributed by atoms with Crippen molar-refractivity contribution < 1.29 is 4.79 Å². The van der Waals surface area contributed by atoms with Gasteiger partial charge in [-0.3, -0.25) is 9.78 Å². The van der Waals surface area contributed by atoms with Crippen LogP contribution >= 0.6 is 12.2 Å². The van der Waals surface area contributed by atoms with Gasteiger partial charge in [0.2, 0.25) is 0 Å². The van der Waals surface area contributed by atoms with Gasteiger partial charge in [-0.1, -0.05) is 25.1 Å². The number of nitrogens with zero attached hydrogens (tertiary/aromatic N) is 2. The Hall–Kier alpha value is -1.49. The third-order valence-electron chi connectivity index (χ3n) is 4.77. The Kier molecular flexibility index (Phi) is 4.19. The lowest BCUT2D eigenvalue weighted by Gasteiger charge is -2.29. The van der Waals surface area contributed by atoms with E-state index in [-0.39, 0.29) is 5.91 Å². The molecule has 0 aromatic carbocycles. The van der Waals surface area contributed by atoms with Crippen molar-refractivity contribution in [2.75, 3.05) is 6.54 Å². The van der Waals surface area contributed by atoms with Crippen molar-refractivity contribution in [3.05, 3.63) is 29.6 Å². The molecular weight excluding hydrogens is 282 g/mol. The van der Waals surface area contributed by atoms with Crippen LogP contribution in [-0.2, 0) is 0 Å². The maximum Gasteiger partial charge on any atom is 0.272 e. The van der Waals surface area contributed by atoms with E-state index in [2.05, 4.69) is 4.98 Å². The second-order valence-corrected chi connectivity index (χ2v) is 6.49. The highest BCUT2D eigenvalue weighted by atomic mass is 32.1. The summed E-state index contributed by atoms with van der Waals surface area (Å²) in [5, 5.41) is 0. The average molecular weight is 303 g/mol. The zero-order valence-corrected chi connectivity index (χ0v) is 12.9. The molecule has 2 aliphatic rings. The molecule has 1 saturated heterocycles. The summed E-state index contributed by atoms with van der Waals surface area (Å²) >= 11 is 4.91. The monoisotopic (exact) mass is 303 g/mol. The molecule has 0 radical (unpaired) electrons. The summed E-state index contributed by atoms with van der Waals surface area (Å²) in [7, 11) is 0. The summed E-state index contributed by atoms with van der Waals surface area (Å²) in [6, 6.07) is 3.93. The van der Waals surface area contributed by atoms with Crippen LogP contribution in [0.5, 0.6) is 0 Å². The molecule has 3 rings (SSSR count). The summed E-state index contributed by atoms with van der Waals surface area (Å²) in [4.78, 5) is 19.3. The molecule has 0 spiro atoms. The van der Waals surface area contributed by atoms with Crippen LogP contribution in [0.2, 0.25) is 0 Å². The zero-order chi connectivity index (χ0) is 14.8. The van der Waals surface area contributed by atoms with Gasteiger partial charge in [0, 0.05) is 24.3 Å². The Morgan fingerprint density at radius 2 is 2.00 bits per heavy atom. The minimum Gasteiger partial charge on any atom is -0.389 e. The van der Waals surface area contributed by atoms with E-state index >= 15 is 0 Å². The number of thiocarbonyl (C=S) groups is 1.